The second-order valence-electron chi connectivity index (χ2n) is 8.26. The predicted molar refractivity (Wildman–Crippen MR) is 111 cm³/mol. The average molecular weight is 398 g/mol. The Hall–Kier alpha value is -2.41. The quantitative estimate of drug-likeness (QED) is 0.750. The molecule has 1 amide bonds. The molecule has 2 aliphatic rings. The summed E-state index contributed by atoms with van der Waals surface area (Å²) in [5.74, 6) is 1.51. The third kappa shape index (κ3) is 4.61. The molecule has 1 aromatic heterocycles. The van der Waals surface area contributed by atoms with Gasteiger partial charge in [-0.25, -0.2) is 4.68 Å². The first kappa shape index (κ1) is 19.9. The van der Waals surface area contributed by atoms with Crippen LogP contribution < -0.4 is 4.74 Å². The minimum atomic E-state index is -0.00161. The van der Waals surface area contributed by atoms with Crippen molar-refractivity contribution < 1.29 is 9.53 Å². The molecule has 0 radical (unpaired) electrons. The molecule has 0 aliphatic carbocycles. The number of benzene rings is 1. The second-order valence-corrected chi connectivity index (χ2v) is 8.26. The number of amides is 1. The Morgan fingerprint density at radius 2 is 1.83 bits per heavy atom. The Bertz CT molecular complexity index is 805. The van der Waals surface area contributed by atoms with Crippen LogP contribution in [0.3, 0.4) is 0 Å². The Kier molecular flexibility index (Phi) is 6.13. The van der Waals surface area contributed by atoms with Gasteiger partial charge in [-0.15, -0.1) is 5.10 Å². The maximum Gasteiger partial charge on any atom is 0.276 e. The molecule has 1 unspecified atom stereocenters. The van der Waals surface area contributed by atoms with Crippen molar-refractivity contribution >= 4 is 5.91 Å². The monoisotopic (exact) mass is 397 g/mol. The zero-order valence-electron chi connectivity index (χ0n) is 17.5. The van der Waals surface area contributed by atoms with Gasteiger partial charge in [0.2, 0.25) is 0 Å². The van der Waals surface area contributed by atoms with E-state index < -0.39 is 0 Å². The Morgan fingerprint density at radius 1 is 1.14 bits per heavy atom. The molecule has 7 heteroatoms. The first-order valence-corrected chi connectivity index (χ1v) is 10.7. The number of carbonyl (C=O) groups excluding carboxylic acids is 1. The fourth-order valence-corrected chi connectivity index (χ4v) is 4.59. The summed E-state index contributed by atoms with van der Waals surface area (Å²) >= 11 is 0. The zero-order chi connectivity index (χ0) is 20.2. The first-order valence-electron chi connectivity index (χ1n) is 10.7. The van der Waals surface area contributed by atoms with Crippen molar-refractivity contribution in [2.24, 2.45) is 5.92 Å². The lowest BCUT2D eigenvalue weighted by atomic mass is 9.89. The smallest absolute Gasteiger partial charge is 0.276 e. The summed E-state index contributed by atoms with van der Waals surface area (Å²) in [4.78, 5) is 17.4. The first-order chi connectivity index (χ1) is 14.1. The molecule has 156 valence electrons. The molecule has 1 aromatic carbocycles. The van der Waals surface area contributed by atoms with Gasteiger partial charge in [0.25, 0.3) is 5.91 Å². The second kappa shape index (κ2) is 8.95. The number of likely N-dealkylation sites (tertiary alicyclic amines) is 2. The SMILES string of the molecule is COc1ccc(Cn2cc(C(=O)N3CCC(C(C)N4CCCC4)CC3)nn2)cc1. The zero-order valence-corrected chi connectivity index (χ0v) is 17.5. The van der Waals surface area contributed by atoms with Crippen molar-refractivity contribution in [3.05, 3.63) is 41.7 Å². The number of piperidine rings is 1. The molecule has 0 spiro atoms. The number of hydrogen-bond acceptors (Lipinski definition) is 5. The van der Waals surface area contributed by atoms with Gasteiger partial charge in [-0.3, -0.25) is 4.79 Å². The topological polar surface area (TPSA) is 63.5 Å². The van der Waals surface area contributed by atoms with Gasteiger partial charge < -0.3 is 14.5 Å². The highest BCUT2D eigenvalue weighted by atomic mass is 16.5. The van der Waals surface area contributed by atoms with Gasteiger partial charge in [-0.1, -0.05) is 17.3 Å². The molecule has 2 fully saturated rings. The van der Waals surface area contributed by atoms with Crippen molar-refractivity contribution in [2.75, 3.05) is 33.3 Å². The molecule has 1 atom stereocenters. The fourth-order valence-electron chi connectivity index (χ4n) is 4.59. The van der Waals surface area contributed by atoms with Gasteiger partial charge in [0, 0.05) is 19.1 Å². The van der Waals surface area contributed by atoms with Gasteiger partial charge >= 0.3 is 0 Å². The molecule has 2 saturated heterocycles. The number of carbonyl (C=O) groups is 1. The van der Waals surface area contributed by atoms with Crippen LogP contribution in [0.5, 0.6) is 5.75 Å². The van der Waals surface area contributed by atoms with Gasteiger partial charge in [-0.2, -0.15) is 0 Å². The molecule has 29 heavy (non-hydrogen) atoms. The van der Waals surface area contributed by atoms with E-state index in [1.165, 1.54) is 25.9 Å². The highest BCUT2D eigenvalue weighted by Crippen LogP contribution is 2.27. The van der Waals surface area contributed by atoms with Crippen LogP contribution in [0.15, 0.2) is 30.5 Å². The Morgan fingerprint density at radius 3 is 2.48 bits per heavy atom. The summed E-state index contributed by atoms with van der Waals surface area (Å²) in [5.41, 5.74) is 1.52. The summed E-state index contributed by atoms with van der Waals surface area (Å²) in [7, 11) is 1.65. The molecule has 2 aliphatic heterocycles. The van der Waals surface area contributed by atoms with Crippen LogP contribution in [0, 0.1) is 5.92 Å². The molecule has 7 nitrogen and oxygen atoms in total. The number of rotatable bonds is 6. The largest absolute Gasteiger partial charge is 0.497 e. The molecule has 2 aromatic rings. The number of ether oxygens (including phenoxy) is 1. The maximum atomic E-state index is 12.9. The summed E-state index contributed by atoms with van der Waals surface area (Å²) in [6.07, 6.45) is 6.56. The van der Waals surface area contributed by atoms with Crippen molar-refractivity contribution in [1.29, 1.82) is 0 Å². The van der Waals surface area contributed by atoms with Crippen molar-refractivity contribution in [3.8, 4) is 5.75 Å². The van der Waals surface area contributed by atoms with Crippen LogP contribution in [-0.4, -0.2) is 70.0 Å². The summed E-state index contributed by atoms with van der Waals surface area (Å²) < 4.78 is 6.91. The predicted octanol–water partition coefficient (Wildman–Crippen LogP) is 2.67. The van der Waals surface area contributed by atoms with E-state index in [1.54, 1.807) is 18.0 Å². The normalized spacial score (nSPS) is 19.4. The fraction of sp³-hybridized carbons (Fsp3) is 0.591. The van der Waals surface area contributed by atoms with E-state index in [2.05, 4.69) is 22.1 Å². The lowest BCUT2D eigenvalue weighted by molar-refractivity contribution is 0.0618. The van der Waals surface area contributed by atoms with E-state index in [1.807, 2.05) is 29.2 Å². The maximum absolute atomic E-state index is 12.9. The van der Waals surface area contributed by atoms with Crippen LogP contribution in [0.2, 0.25) is 0 Å². The van der Waals surface area contributed by atoms with E-state index >= 15 is 0 Å². The van der Waals surface area contributed by atoms with Crippen LogP contribution >= 0.6 is 0 Å². The summed E-state index contributed by atoms with van der Waals surface area (Å²) in [6.45, 7) is 7.03. The highest BCUT2D eigenvalue weighted by molar-refractivity contribution is 5.92. The van der Waals surface area contributed by atoms with Gasteiger partial charge in [-0.05, 0) is 69.3 Å². The van der Waals surface area contributed by atoms with Gasteiger partial charge in [0.15, 0.2) is 5.69 Å². The third-order valence-corrected chi connectivity index (χ3v) is 6.49. The molecular weight excluding hydrogens is 366 g/mol. The standard InChI is InChI=1S/C22H31N5O2/c1-17(25-11-3-4-12-25)19-9-13-26(14-10-19)22(28)21-16-27(24-23-21)15-18-5-7-20(29-2)8-6-18/h5-8,16-17,19H,3-4,9-15H2,1-2H3. The number of nitrogens with zero attached hydrogens (tertiary/aromatic N) is 5. The lowest BCUT2D eigenvalue weighted by Gasteiger charge is -2.38. The third-order valence-electron chi connectivity index (χ3n) is 6.49. The van der Waals surface area contributed by atoms with Crippen molar-refractivity contribution in [3.63, 3.8) is 0 Å². The van der Waals surface area contributed by atoms with Crippen LogP contribution in [0.4, 0.5) is 0 Å². The molecule has 0 bridgehead atoms. The highest BCUT2D eigenvalue weighted by Gasteiger charge is 2.31. The van der Waals surface area contributed by atoms with E-state index in [0.29, 0.717) is 24.2 Å². The summed E-state index contributed by atoms with van der Waals surface area (Å²) in [6, 6.07) is 8.46. The molecule has 4 rings (SSSR count). The molecule has 0 N–H and O–H groups in total. The molecule has 0 saturated carbocycles. The average Bonchev–Trinajstić information content (AvgIpc) is 3.46. The van der Waals surface area contributed by atoms with Crippen molar-refractivity contribution in [2.45, 2.75) is 45.2 Å². The lowest BCUT2D eigenvalue weighted by Crippen LogP contribution is -2.45. The van der Waals surface area contributed by atoms with Crippen LogP contribution in [-0.2, 0) is 6.54 Å². The van der Waals surface area contributed by atoms with E-state index in [0.717, 1.165) is 37.2 Å². The minimum Gasteiger partial charge on any atom is -0.497 e. The minimum absolute atomic E-state index is 0.00161. The molecular formula is C22H31N5O2. The van der Waals surface area contributed by atoms with E-state index in [4.69, 9.17) is 4.74 Å². The molecule has 3 heterocycles. The number of aromatic nitrogens is 3. The Balaban J connectivity index is 1.31. The van der Waals surface area contributed by atoms with E-state index in [-0.39, 0.29) is 5.91 Å². The number of methoxy groups -OCH3 is 1. The van der Waals surface area contributed by atoms with Gasteiger partial charge in [0.1, 0.15) is 5.75 Å². The van der Waals surface area contributed by atoms with Crippen molar-refractivity contribution in [1.82, 2.24) is 24.8 Å². The Labute approximate surface area is 172 Å². The van der Waals surface area contributed by atoms with Crippen LogP contribution in [0.1, 0.15) is 48.7 Å². The number of hydrogen-bond donors (Lipinski definition) is 0. The van der Waals surface area contributed by atoms with E-state index in [9.17, 15) is 4.79 Å². The summed E-state index contributed by atoms with van der Waals surface area (Å²) in [5, 5.41) is 8.27. The van der Waals surface area contributed by atoms with Crippen LogP contribution in [0.25, 0.3) is 0 Å². The van der Waals surface area contributed by atoms with Gasteiger partial charge in [0.05, 0.1) is 19.9 Å².